The SMILES string of the molecule is CCc1cccc2c1Cc1c-2ccc2c1-c1ccccc1CC2. The molecule has 3 aromatic carbocycles. The minimum absolute atomic E-state index is 1.10. The van der Waals surface area contributed by atoms with Crippen molar-refractivity contribution in [1.82, 2.24) is 0 Å². The lowest BCUT2D eigenvalue weighted by Crippen LogP contribution is -2.06. The largest absolute Gasteiger partial charge is 0.0620 e. The molecule has 0 amide bonds. The maximum Gasteiger partial charge on any atom is -0.000445 e. The molecule has 0 heteroatoms. The predicted molar refractivity (Wildman–Crippen MR) is 96.9 cm³/mol. The molecule has 0 saturated carbocycles. The van der Waals surface area contributed by atoms with Crippen LogP contribution in [0.25, 0.3) is 22.3 Å². The first-order chi connectivity index (χ1) is 11.4. The van der Waals surface area contributed by atoms with Crippen molar-refractivity contribution in [3.8, 4) is 22.3 Å². The van der Waals surface area contributed by atoms with Crippen molar-refractivity contribution in [2.24, 2.45) is 0 Å². The summed E-state index contributed by atoms with van der Waals surface area (Å²) in [5.41, 5.74) is 13.6. The van der Waals surface area contributed by atoms with Gasteiger partial charge in [0.05, 0.1) is 0 Å². The Kier molecular flexibility index (Phi) is 2.76. The van der Waals surface area contributed by atoms with Crippen molar-refractivity contribution in [2.75, 3.05) is 0 Å². The van der Waals surface area contributed by atoms with E-state index in [9.17, 15) is 0 Å². The fourth-order valence-electron chi connectivity index (χ4n) is 4.53. The molecule has 2 aliphatic carbocycles. The second kappa shape index (κ2) is 4.83. The van der Waals surface area contributed by atoms with E-state index < -0.39 is 0 Å². The summed E-state index contributed by atoms with van der Waals surface area (Å²) >= 11 is 0. The Hall–Kier alpha value is -2.34. The molecular formula is C23H20. The minimum Gasteiger partial charge on any atom is -0.0620 e. The van der Waals surface area contributed by atoms with Gasteiger partial charge in [0.1, 0.15) is 0 Å². The van der Waals surface area contributed by atoms with Crippen LogP contribution in [0.2, 0.25) is 0 Å². The van der Waals surface area contributed by atoms with E-state index in [0.29, 0.717) is 0 Å². The Morgan fingerprint density at radius 2 is 1.48 bits per heavy atom. The summed E-state index contributed by atoms with van der Waals surface area (Å²) in [5.74, 6) is 0. The third kappa shape index (κ3) is 1.78. The third-order valence-corrected chi connectivity index (χ3v) is 5.65. The summed E-state index contributed by atoms with van der Waals surface area (Å²) in [6, 6.07) is 20.6. The second-order valence-corrected chi connectivity index (χ2v) is 6.76. The number of hydrogen-bond donors (Lipinski definition) is 0. The highest BCUT2D eigenvalue weighted by Gasteiger charge is 2.27. The van der Waals surface area contributed by atoms with E-state index >= 15 is 0 Å². The molecule has 0 saturated heterocycles. The molecule has 0 nitrogen and oxygen atoms in total. The minimum atomic E-state index is 1.10. The fourth-order valence-corrected chi connectivity index (χ4v) is 4.53. The van der Waals surface area contributed by atoms with Crippen LogP contribution in [0, 0.1) is 0 Å². The van der Waals surface area contributed by atoms with Crippen molar-refractivity contribution >= 4 is 0 Å². The molecule has 3 aromatic rings. The van der Waals surface area contributed by atoms with Gasteiger partial charge in [-0.15, -0.1) is 0 Å². The van der Waals surface area contributed by atoms with Gasteiger partial charge < -0.3 is 0 Å². The molecule has 0 heterocycles. The van der Waals surface area contributed by atoms with Crippen molar-refractivity contribution in [2.45, 2.75) is 32.6 Å². The molecule has 23 heavy (non-hydrogen) atoms. The maximum absolute atomic E-state index is 2.37. The molecule has 0 bridgehead atoms. The number of aryl methyl sites for hydroxylation is 3. The highest BCUT2D eigenvalue weighted by molar-refractivity contribution is 5.88. The third-order valence-electron chi connectivity index (χ3n) is 5.65. The molecule has 0 aromatic heterocycles. The van der Waals surface area contributed by atoms with Crippen LogP contribution in [-0.2, 0) is 25.7 Å². The summed E-state index contributed by atoms with van der Waals surface area (Å²) in [5, 5.41) is 0. The first-order valence-corrected chi connectivity index (χ1v) is 8.71. The lowest BCUT2D eigenvalue weighted by Gasteiger charge is -2.22. The summed E-state index contributed by atoms with van der Waals surface area (Å²) < 4.78 is 0. The highest BCUT2D eigenvalue weighted by atomic mass is 14.3. The first-order valence-electron chi connectivity index (χ1n) is 8.71. The Labute approximate surface area is 137 Å². The molecule has 0 atom stereocenters. The van der Waals surface area contributed by atoms with E-state index in [1.54, 1.807) is 11.1 Å². The zero-order valence-corrected chi connectivity index (χ0v) is 13.5. The maximum atomic E-state index is 2.37. The zero-order valence-electron chi connectivity index (χ0n) is 13.5. The lowest BCUT2D eigenvalue weighted by atomic mass is 9.81. The van der Waals surface area contributed by atoms with Gasteiger partial charge in [0, 0.05) is 0 Å². The van der Waals surface area contributed by atoms with E-state index in [4.69, 9.17) is 0 Å². The summed E-state index contributed by atoms with van der Waals surface area (Å²) in [6.07, 6.45) is 4.58. The summed E-state index contributed by atoms with van der Waals surface area (Å²) in [4.78, 5) is 0. The van der Waals surface area contributed by atoms with Crippen LogP contribution in [0.1, 0.15) is 34.7 Å². The number of hydrogen-bond acceptors (Lipinski definition) is 0. The Bertz CT molecular complexity index is 931. The zero-order chi connectivity index (χ0) is 15.4. The van der Waals surface area contributed by atoms with Crippen molar-refractivity contribution < 1.29 is 0 Å². The van der Waals surface area contributed by atoms with E-state index in [2.05, 4.69) is 61.5 Å². The molecule has 0 aliphatic heterocycles. The van der Waals surface area contributed by atoms with Crippen molar-refractivity contribution in [3.63, 3.8) is 0 Å². The van der Waals surface area contributed by atoms with E-state index in [1.165, 1.54) is 51.8 Å². The van der Waals surface area contributed by atoms with Crippen LogP contribution >= 0.6 is 0 Å². The van der Waals surface area contributed by atoms with Gasteiger partial charge in [0.2, 0.25) is 0 Å². The Morgan fingerprint density at radius 1 is 0.696 bits per heavy atom. The monoisotopic (exact) mass is 296 g/mol. The fraction of sp³-hybridized carbons (Fsp3) is 0.217. The van der Waals surface area contributed by atoms with E-state index in [1.807, 2.05) is 0 Å². The van der Waals surface area contributed by atoms with Gasteiger partial charge in [-0.3, -0.25) is 0 Å². The van der Waals surface area contributed by atoms with E-state index in [0.717, 1.165) is 12.8 Å². The van der Waals surface area contributed by atoms with Gasteiger partial charge in [0.25, 0.3) is 0 Å². The van der Waals surface area contributed by atoms with Gasteiger partial charge >= 0.3 is 0 Å². The Morgan fingerprint density at radius 3 is 2.39 bits per heavy atom. The number of fused-ring (bicyclic) bond motifs is 7. The highest BCUT2D eigenvalue weighted by Crippen LogP contribution is 2.46. The number of rotatable bonds is 1. The molecule has 5 rings (SSSR count). The van der Waals surface area contributed by atoms with Crippen LogP contribution in [0.5, 0.6) is 0 Å². The molecule has 0 unspecified atom stereocenters. The lowest BCUT2D eigenvalue weighted by molar-refractivity contribution is 0.937. The van der Waals surface area contributed by atoms with Crippen LogP contribution in [0.3, 0.4) is 0 Å². The quantitative estimate of drug-likeness (QED) is 0.430. The summed E-state index contributed by atoms with van der Waals surface area (Å²) in [6.45, 7) is 2.27. The van der Waals surface area contributed by atoms with Crippen LogP contribution in [0.4, 0.5) is 0 Å². The second-order valence-electron chi connectivity index (χ2n) is 6.76. The van der Waals surface area contributed by atoms with Gasteiger partial charge in [0.15, 0.2) is 0 Å². The molecule has 2 aliphatic rings. The topological polar surface area (TPSA) is 0 Å². The van der Waals surface area contributed by atoms with Gasteiger partial charge in [-0.1, -0.05) is 61.5 Å². The molecule has 112 valence electrons. The van der Waals surface area contributed by atoms with E-state index in [-0.39, 0.29) is 0 Å². The number of benzene rings is 3. The normalized spacial score (nSPS) is 14.0. The van der Waals surface area contributed by atoms with Crippen LogP contribution < -0.4 is 0 Å². The molecule has 0 spiro atoms. The molecule has 0 fully saturated rings. The molecule has 0 N–H and O–H groups in total. The van der Waals surface area contributed by atoms with Gasteiger partial charge in [-0.2, -0.15) is 0 Å². The predicted octanol–water partition coefficient (Wildman–Crippen LogP) is 5.59. The van der Waals surface area contributed by atoms with Gasteiger partial charge in [-0.25, -0.2) is 0 Å². The van der Waals surface area contributed by atoms with Gasteiger partial charge in [-0.05, 0) is 75.8 Å². The van der Waals surface area contributed by atoms with Crippen LogP contribution in [0.15, 0.2) is 54.6 Å². The summed E-state index contributed by atoms with van der Waals surface area (Å²) in [7, 11) is 0. The van der Waals surface area contributed by atoms with Crippen LogP contribution in [-0.4, -0.2) is 0 Å². The standard InChI is InChI=1S/C23H20/c1-2-15-7-5-9-19-20-13-12-17-11-10-16-6-3-4-8-18(16)23(17)22(20)14-21(15)19/h3-9,12-13H,2,10-11,14H2,1H3. The molecular weight excluding hydrogens is 276 g/mol. The smallest absolute Gasteiger partial charge is 0.000445 e. The molecule has 0 radical (unpaired) electrons. The average Bonchev–Trinajstić information content (AvgIpc) is 3.00. The Balaban J connectivity index is 1.79. The van der Waals surface area contributed by atoms with Crippen molar-refractivity contribution in [1.29, 1.82) is 0 Å². The van der Waals surface area contributed by atoms with Crippen molar-refractivity contribution in [3.05, 3.63) is 82.4 Å². The first kappa shape index (κ1) is 13.1. The average molecular weight is 296 g/mol.